The quantitative estimate of drug-likeness (QED) is 0.124. The van der Waals surface area contributed by atoms with Gasteiger partial charge in [0.05, 0.1) is 13.2 Å². The zero-order valence-electron chi connectivity index (χ0n) is 23.0. The topological polar surface area (TPSA) is 113 Å². The van der Waals surface area contributed by atoms with Crippen LogP contribution in [0.1, 0.15) is 117 Å². The highest BCUT2D eigenvalue weighted by atomic mass is 31.2. The van der Waals surface area contributed by atoms with Crippen LogP contribution in [0.5, 0.6) is 0 Å². The van der Waals surface area contributed by atoms with Gasteiger partial charge in [-0.3, -0.25) is 13.6 Å². The summed E-state index contributed by atoms with van der Waals surface area (Å²) in [6.45, 7) is 3.97. The Morgan fingerprint density at radius 1 is 0.595 bits per heavy atom. The predicted octanol–water partition coefficient (Wildman–Crippen LogP) is 6.00. The fourth-order valence-corrected chi connectivity index (χ4v) is 6.74. The molecule has 3 saturated heterocycles. The minimum atomic E-state index is -3.96. The molecule has 0 aromatic carbocycles. The summed E-state index contributed by atoms with van der Waals surface area (Å²) in [6.07, 6.45) is 12.5. The van der Waals surface area contributed by atoms with Gasteiger partial charge in [-0.1, -0.05) is 104 Å². The Kier molecular flexibility index (Phi) is 14.3. The Bertz CT molecular complexity index is 620. The minimum Gasteiger partial charge on any atom is -0.387 e. The van der Waals surface area contributed by atoms with Crippen LogP contribution in [0.4, 0.5) is 0 Å². The van der Waals surface area contributed by atoms with Crippen molar-refractivity contribution in [1.82, 2.24) is 0 Å². The van der Waals surface area contributed by atoms with E-state index in [1.54, 1.807) is 0 Å². The van der Waals surface area contributed by atoms with Gasteiger partial charge < -0.3 is 24.4 Å². The van der Waals surface area contributed by atoms with Gasteiger partial charge in [0, 0.05) is 0 Å². The molecule has 4 bridgehead atoms. The Labute approximate surface area is 223 Å². The smallest absolute Gasteiger partial charge is 0.387 e. The molecule has 3 aliphatic heterocycles. The van der Waals surface area contributed by atoms with Gasteiger partial charge in [0.1, 0.15) is 36.6 Å². The first-order valence-electron chi connectivity index (χ1n) is 14.9. The molecule has 9 nitrogen and oxygen atoms in total. The fraction of sp³-hybridized carbons (Fsp3) is 1.00. The van der Waals surface area contributed by atoms with E-state index in [4.69, 9.17) is 27.8 Å². The Balaban J connectivity index is 1.45. The van der Waals surface area contributed by atoms with Crippen molar-refractivity contribution in [3.63, 3.8) is 0 Å². The van der Waals surface area contributed by atoms with Crippen molar-refractivity contribution >= 4 is 7.82 Å². The van der Waals surface area contributed by atoms with E-state index < -0.39 is 50.9 Å². The van der Waals surface area contributed by atoms with E-state index in [9.17, 15) is 14.8 Å². The first kappa shape index (κ1) is 31.4. The molecule has 7 atom stereocenters. The van der Waals surface area contributed by atoms with E-state index in [0.717, 1.165) is 38.5 Å². The number of phosphoric acid groups is 1. The van der Waals surface area contributed by atoms with Gasteiger partial charge in [-0.2, -0.15) is 0 Å². The third-order valence-corrected chi connectivity index (χ3v) is 9.04. The normalized spacial score (nSPS) is 30.9. The summed E-state index contributed by atoms with van der Waals surface area (Å²) in [4.78, 5) is 0. The molecule has 4 aliphatic rings. The van der Waals surface area contributed by atoms with Crippen LogP contribution in [-0.2, 0) is 32.3 Å². The third-order valence-electron chi connectivity index (χ3n) is 7.54. The molecule has 0 spiro atoms. The maximum absolute atomic E-state index is 13.7. The number of unbranched alkanes of at least 4 members (excludes halogenated alkanes) is 14. The van der Waals surface area contributed by atoms with Crippen molar-refractivity contribution in [3.05, 3.63) is 0 Å². The molecule has 4 rings (SSSR count). The zero-order chi connectivity index (χ0) is 26.5. The van der Waals surface area contributed by atoms with Crippen LogP contribution in [0, 0.1) is 0 Å². The van der Waals surface area contributed by atoms with Crippen molar-refractivity contribution in [1.29, 1.82) is 0 Å². The molecule has 37 heavy (non-hydrogen) atoms. The summed E-state index contributed by atoms with van der Waals surface area (Å²) < 4.78 is 47.5. The van der Waals surface area contributed by atoms with Crippen molar-refractivity contribution in [2.45, 2.75) is 160 Å². The zero-order valence-corrected chi connectivity index (χ0v) is 23.9. The van der Waals surface area contributed by atoms with Gasteiger partial charge in [0.15, 0.2) is 0 Å². The number of phosphoric ester groups is 1. The lowest BCUT2D eigenvalue weighted by molar-refractivity contribution is -0.479. The molecule has 1 aliphatic carbocycles. The number of aliphatic hydroxyl groups excluding tert-OH is 2. The first-order chi connectivity index (χ1) is 18.0. The lowest BCUT2D eigenvalue weighted by Crippen LogP contribution is -2.75. The van der Waals surface area contributed by atoms with Gasteiger partial charge in [0.2, 0.25) is 0 Å². The molecule has 0 amide bonds. The van der Waals surface area contributed by atoms with Crippen molar-refractivity contribution in [2.24, 2.45) is 0 Å². The highest BCUT2D eigenvalue weighted by Gasteiger charge is 2.63. The molecule has 3 heterocycles. The SMILES string of the molecule is CCCCCCCCCCOP(=O)(OCCCCCCCCCC)OC1[C@H]2OC3OC([C@@H](O)[C@H]1O3)[C@@H]2O. The van der Waals surface area contributed by atoms with Gasteiger partial charge in [-0.15, -0.1) is 0 Å². The minimum absolute atomic E-state index is 0.257. The van der Waals surface area contributed by atoms with Gasteiger partial charge >= 0.3 is 7.82 Å². The van der Waals surface area contributed by atoms with Crippen LogP contribution in [0.25, 0.3) is 0 Å². The number of hydrogen-bond donors (Lipinski definition) is 2. The summed E-state index contributed by atoms with van der Waals surface area (Å²) in [6, 6.07) is 0. The standard InChI is InChI=1S/C27H51O9P/c1-3-5-7-9-11-13-15-17-19-31-37(30,32-20-18-16-14-12-10-8-6-4-2)36-26-24-21(28)23-22(29)25(26)35-27(33-23)34-24/h21-29H,3-20H2,1-2H3/t21-,22+,23?,24-,25+,26?,27?. The highest BCUT2D eigenvalue weighted by molar-refractivity contribution is 7.48. The maximum atomic E-state index is 13.7. The Hall–Kier alpha value is -0.0900. The number of ether oxygens (including phenoxy) is 3. The second-order valence-electron chi connectivity index (χ2n) is 10.7. The van der Waals surface area contributed by atoms with Gasteiger partial charge in [0.25, 0.3) is 6.48 Å². The molecule has 218 valence electrons. The molecule has 10 heteroatoms. The first-order valence-corrected chi connectivity index (χ1v) is 16.3. The van der Waals surface area contributed by atoms with E-state index in [1.807, 2.05) is 0 Å². The van der Waals surface area contributed by atoms with E-state index in [1.165, 1.54) is 64.2 Å². The number of hydrogen-bond acceptors (Lipinski definition) is 9. The second kappa shape index (κ2) is 16.9. The molecule has 0 aromatic heterocycles. The average Bonchev–Trinajstić information content (AvgIpc) is 2.89. The van der Waals surface area contributed by atoms with Crippen molar-refractivity contribution < 1.29 is 42.6 Å². The van der Waals surface area contributed by atoms with Gasteiger partial charge in [-0.25, -0.2) is 4.57 Å². The fourth-order valence-electron chi connectivity index (χ4n) is 5.30. The van der Waals surface area contributed by atoms with E-state index in [-0.39, 0.29) is 13.2 Å². The lowest BCUT2D eigenvalue weighted by Gasteiger charge is -2.56. The van der Waals surface area contributed by atoms with Gasteiger partial charge in [-0.05, 0) is 12.8 Å². The van der Waals surface area contributed by atoms with Crippen molar-refractivity contribution in [2.75, 3.05) is 13.2 Å². The molecule has 2 N–H and O–H groups in total. The van der Waals surface area contributed by atoms with Crippen LogP contribution >= 0.6 is 7.82 Å². The molecular formula is C27H51O9P. The molecule has 0 aromatic rings. The van der Waals surface area contributed by atoms with E-state index >= 15 is 0 Å². The van der Waals surface area contributed by atoms with E-state index in [0.29, 0.717) is 0 Å². The number of rotatable bonds is 22. The summed E-state index contributed by atoms with van der Waals surface area (Å²) in [5.74, 6) is 0. The molecule has 4 fully saturated rings. The second-order valence-corrected chi connectivity index (χ2v) is 12.3. The highest BCUT2D eigenvalue weighted by Crippen LogP contribution is 2.54. The maximum Gasteiger partial charge on any atom is 0.475 e. The summed E-state index contributed by atoms with van der Waals surface area (Å²) in [7, 11) is -3.96. The van der Waals surface area contributed by atoms with Crippen LogP contribution in [0.2, 0.25) is 0 Å². The monoisotopic (exact) mass is 550 g/mol. The largest absolute Gasteiger partial charge is 0.475 e. The number of aliphatic hydroxyl groups is 2. The van der Waals surface area contributed by atoms with Crippen LogP contribution in [-0.4, -0.2) is 66.5 Å². The molecule has 0 radical (unpaired) electrons. The van der Waals surface area contributed by atoms with Crippen LogP contribution < -0.4 is 0 Å². The molecular weight excluding hydrogens is 499 g/mol. The predicted molar refractivity (Wildman–Crippen MR) is 140 cm³/mol. The van der Waals surface area contributed by atoms with Crippen LogP contribution in [0.3, 0.4) is 0 Å². The lowest BCUT2D eigenvalue weighted by atomic mass is 9.83. The summed E-state index contributed by atoms with van der Waals surface area (Å²) in [5, 5.41) is 21.1. The summed E-state index contributed by atoms with van der Waals surface area (Å²) >= 11 is 0. The summed E-state index contributed by atoms with van der Waals surface area (Å²) in [5.41, 5.74) is 0. The average molecular weight is 551 g/mol. The molecule has 3 unspecified atom stereocenters. The third kappa shape index (κ3) is 9.80. The Morgan fingerprint density at radius 2 is 0.973 bits per heavy atom. The van der Waals surface area contributed by atoms with E-state index in [2.05, 4.69) is 13.8 Å². The Morgan fingerprint density at radius 3 is 1.41 bits per heavy atom. The molecule has 1 saturated carbocycles. The van der Waals surface area contributed by atoms with Crippen molar-refractivity contribution in [3.8, 4) is 0 Å². The van der Waals surface area contributed by atoms with Crippen LogP contribution in [0.15, 0.2) is 0 Å².